The molecule has 0 aromatic heterocycles. The summed E-state index contributed by atoms with van der Waals surface area (Å²) < 4.78 is 0. The van der Waals surface area contributed by atoms with Gasteiger partial charge >= 0.3 is 11.9 Å². The molecular formula is C16H10O5. The molecule has 104 valence electrons. The summed E-state index contributed by atoms with van der Waals surface area (Å²) in [6.07, 6.45) is 0. The van der Waals surface area contributed by atoms with Crippen LogP contribution in [-0.2, 0) is 0 Å². The highest BCUT2D eigenvalue weighted by Crippen LogP contribution is 2.33. The van der Waals surface area contributed by atoms with Crippen molar-refractivity contribution in [3.63, 3.8) is 0 Å². The van der Waals surface area contributed by atoms with Crippen LogP contribution in [0, 0.1) is 0 Å². The summed E-state index contributed by atoms with van der Waals surface area (Å²) in [5, 5.41) is 30.8. The Morgan fingerprint density at radius 3 is 1.90 bits per heavy atom. The maximum absolute atomic E-state index is 11.5. The average molecular weight is 282 g/mol. The lowest BCUT2D eigenvalue weighted by atomic mass is 9.95. The van der Waals surface area contributed by atoms with Gasteiger partial charge in [-0.15, -0.1) is 0 Å². The predicted molar refractivity (Wildman–Crippen MR) is 77.0 cm³/mol. The van der Waals surface area contributed by atoms with Crippen molar-refractivity contribution < 1.29 is 24.9 Å². The third-order valence-electron chi connectivity index (χ3n) is 3.41. The molecule has 3 rings (SSSR count). The van der Waals surface area contributed by atoms with Gasteiger partial charge in [-0.1, -0.05) is 24.3 Å². The summed E-state index contributed by atoms with van der Waals surface area (Å²) in [5.41, 5.74) is -0.992. The number of benzene rings is 3. The molecule has 3 N–H and O–H groups in total. The summed E-state index contributed by atoms with van der Waals surface area (Å²) >= 11 is 0. The molecule has 0 bridgehead atoms. The molecule has 0 heterocycles. The normalized spacial score (nSPS) is 10.9. The van der Waals surface area contributed by atoms with Crippen molar-refractivity contribution in [3.05, 3.63) is 53.6 Å². The Morgan fingerprint density at radius 1 is 0.762 bits per heavy atom. The van der Waals surface area contributed by atoms with Crippen molar-refractivity contribution in [1.82, 2.24) is 0 Å². The Bertz CT molecular complexity index is 911. The van der Waals surface area contributed by atoms with Crippen molar-refractivity contribution >= 4 is 33.5 Å². The quantitative estimate of drug-likeness (QED) is 0.628. The van der Waals surface area contributed by atoms with E-state index >= 15 is 0 Å². The second-order valence-electron chi connectivity index (χ2n) is 4.68. The number of hydrogen-bond acceptors (Lipinski definition) is 3. The van der Waals surface area contributed by atoms with Crippen LogP contribution in [0.15, 0.2) is 42.5 Å². The molecule has 0 atom stereocenters. The van der Waals surface area contributed by atoms with E-state index in [1.54, 1.807) is 12.1 Å². The molecule has 0 unspecified atom stereocenters. The third kappa shape index (κ3) is 1.95. The van der Waals surface area contributed by atoms with E-state index in [1.165, 1.54) is 6.07 Å². The highest BCUT2D eigenvalue weighted by molar-refractivity contribution is 6.15. The SMILES string of the molecule is O=C(O)c1c(O)cc2cc3ccccc3cc2c1C(=O)O. The maximum Gasteiger partial charge on any atom is 0.340 e. The van der Waals surface area contributed by atoms with Crippen molar-refractivity contribution in [3.8, 4) is 5.75 Å². The molecule has 0 aliphatic carbocycles. The van der Waals surface area contributed by atoms with Crippen molar-refractivity contribution in [1.29, 1.82) is 0 Å². The van der Waals surface area contributed by atoms with E-state index in [0.717, 1.165) is 10.8 Å². The van der Waals surface area contributed by atoms with E-state index in [2.05, 4.69) is 0 Å². The highest BCUT2D eigenvalue weighted by Gasteiger charge is 2.24. The lowest BCUT2D eigenvalue weighted by Crippen LogP contribution is -2.09. The molecule has 0 fully saturated rings. The molecular weight excluding hydrogens is 272 g/mol. The molecule has 5 heteroatoms. The van der Waals surface area contributed by atoms with E-state index in [4.69, 9.17) is 5.11 Å². The number of aromatic hydroxyl groups is 1. The fraction of sp³-hybridized carbons (Fsp3) is 0. The number of carboxylic acids is 2. The lowest BCUT2D eigenvalue weighted by molar-refractivity contribution is 0.0650. The van der Waals surface area contributed by atoms with Gasteiger partial charge in [-0.3, -0.25) is 0 Å². The standard InChI is InChI=1S/C16H10O5/c17-12-7-10-5-8-3-1-2-4-9(8)6-11(10)13(15(18)19)14(12)16(20)21/h1-7,17H,(H,18,19)(H,20,21). The van der Waals surface area contributed by atoms with E-state index < -0.39 is 28.8 Å². The second-order valence-corrected chi connectivity index (χ2v) is 4.68. The van der Waals surface area contributed by atoms with Crippen LogP contribution in [0.1, 0.15) is 20.7 Å². The van der Waals surface area contributed by atoms with Crippen molar-refractivity contribution in [2.75, 3.05) is 0 Å². The predicted octanol–water partition coefficient (Wildman–Crippen LogP) is 3.10. The number of rotatable bonds is 2. The van der Waals surface area contributed by atoms with Crippen LogP contribution in [0.3, 0.4) is 0 Å². The molecule has 0 aliphatic rings. The second kappa shape index (κ2) is 4.49. The zero-order valence-corrected chi connectivity index (χ0v) is 10.7. The Hall–Kier alpha value is -3.08. The monoisotopic (exact) mass is 282 g/mol. The fourth-order valence-corrected chi connectivity index (χ4v) is 2.51. The first-order chi connectivity index (χ1) is 9.99. The minimum absolute atomic E-state index is 0.288. The molecule has 21 heavy (non-hydrogen) atoms. The summed E-state index contributed by atoms with van der Waals surface area (Å²) in [4.78, 5) is 22.7. The van der Waals surface area contributed by atoms with Crippen LogP contribution in [0.25, 0.3) is 21.5 Å². The number of carbonyl (C=O) groups is 2. The fourth-order valence-electron chi connectivity index (χ4n) is 2.51. The molecule has 0 amide bonds. The van der Waals surface area contributed by atoms with Crippen molar-refractivity contribution in [2.45, 2.75) is 0 Å². The lowest BCUT2D eigenvalue weighted by Gasteiger charge is -2.10. The van der Waals surface area contributed by atoms with Gasteiger partial charge in [0, 0.05) is 0 Å². The molecule has 0 saturated heterocycles. The molecule has 0 saturated carbocycles. The number of hydrogen-bond donors (Lipinski definition) is 3. The largest absolute Gasteiger partial charge is 0.507 e. The maximum atomic E-state index is 11.5. The molecule has 5 nitrogen and oxygen atoms in total. The van der Waals surface area contributed by atoms with Gasteiger partial charge in [0.15, 0.2) is 0 Å². The van der Waals surface area contributed by atoms with E-state index in [1.807, 2.05) is 24.3 Å². The number of carboxylic acid groups (broad SMARTS) is 2. The number of fused-ring (bicyclic) bond motifs is 2. The Kier molecular flexibility index (Phi) is 2.76. The van der Waals surface area contributed by atoms with Crippen molar-refractivity contribution in [2.24, 2.45) is 0 Å². The van der Waals surface area contributed by atoms with Gasteiger partial charge in [-0.25, -0.2) is 9.59 Å². The highest BCUT2D eigenvalue weighted by atomic mass is 16.4. The summed E-state index contributed by atoms with van der Waals surface area (Å²) in [6, 6.07) is 12.0. The number of phenols is 1. The van der Waals surface area contributed by atoms with Crippen LogP contribution in [0.2, 0.25) is 0 Å². The smallest absolute Gasteiger partial charge is 0.340 e. The Labute approximate surface area is 118 Å². The van der Waals surface area contributed by atoms with Crippen LogP contribution >= 0.6 is 0 Å². The minimum Gasteiger partial charge on any atom is -0.507 e. The van der Waals surface area contributed by atoms with Gasteiger partial charge in [-0.05, 0) is 39.7 Å². The topological polar surface area (TPSA) is 94.8 Å². The average Bonchev–Trinajstić information content (AvgIpc) is 2.43. The zero-order valence-electron chi connectivity index (χ0n) is 10.7. The van der Waals surface area contributed by atoms with Gasteiger partial charge in [-0.2, -0.15) is 0 Å². The van der Waals surface area contributed by atoms with E-state index in [9.17, 15) is 19.8 Å². The first-order valence-electron chi connectivity index (χ1n) is 6.14. The Balaban J connectivity index is 2.54. The molecule has 0 aliphatic heterocycles. The molecule has 0 spiro atoms. The minimum atomic E-state index is -1.47. The summed E-state index contributed by atoms with van der Waals surface area (Å²) in [6.45, 7) is 0. The van der Waals surface area contributed by atoms with Crippen LogP contribution < -0.4 is 0 Å². The van der Waals surface area contributed by atoms with Gasteiger partial charge in [0.25, 0.3) is 0 Å². The van der Waals surface area contributed by atoms with E-state index in [0.29, 0.717) is 5.39 Å². The summed E-state index contributed by atoms with van der Waals surface area (Å²) in [7, 11) is 0. The van der Waals surface area contributed by atoms with Crippen LogP contribution in [-0.4, -0.2) is 27.3 Å². The zero-order chi connectivity index (χ0) is 15.1. The molecule has 3 aromatic rings. The van der Waals surface area contributed by atoms with Crippen LogP contribution in [0.5, 0.6) is 5.75 Å². The summed E-state index contributed by atoms with van der Waals surface area (Å²) in [5.74, 6) is -3.41. The van der Waals surface area contributed by atoms with Gasteiger partial charge in [0.1, 0.15) is 11.3 Å². The first kappa shape index (κ1) is 12.9. The van der Waals surface area contributed by atoms with E-state index in [-0.39, 0.29) is 5.39 Å². The first-order valence-corrected chi connectivity index (χ1v) is 6.14. The Morgan fingerprint density at radius 2 is 1.33 bits per heavy atom. The van der Waals surface area contributed by atoms with Gasteiger partial charge in [0.2, 0.25) is 0 Å². The number of aromatic carboxylic acids is 2. The molecule has 3 aromatic carbocycles. The van der Waals surface area contributed by atoms with Gasteiger partial charge in [0.05, 0.1) is 5.56 Å². The van der Waals surface area contributed by atoms with Crippen LogP contribution in [0.4, 0.5) is 0 Å². The van der Waals surface area contributed by atoms with Gasteiger partial charge < -0.3 is 15.3 Å². The molecule has 0 radical (unpaired) electrons. The third-order valence-corrected chi connectivity index (χ3v) is 3.41.